The standard InChI is InChI=1S/C15H22O3/c1-3-17-13-8-7-12(11-14(13)18-4-2)15(16)9-5-6-10-15/h7-8,11,16H,3-6,9-10H2,1-2H3. The average Bonchev–Trinajstić information content (AvgIpc) is 2.80. The average molecular weight is 250 g/mol. The Morgan fingerprint density at radius 3 is 2.28 bits per heavy atom. The number of hydrogen-bond donors (Lipinski definition) is 1. The summed E-state index contributed by atoms with van der Waals surface area (Å²) in [7, 11) is 0. The maximum atomic E-state index is 10.6. The van der Waals surface area contributed by atoms with Crippen molar-refractivity contribution >= 4 is 0 Å². The lowest BCUT2D eigenvalue weighted by molar-refractivity contribution is 0.0441. The molecule has 0 bridgehead atoms. The molecule has 1 saturated carbocycles. The first-order chi connectivity index (χ1) is 8.69. The van der Waals surface area contributed by atoms with Crippen molar-refractivity contribution in [1.29, 1.82) is 0 Å². The van der Waals surface area contributed by atoms with Gasteiger partial charge in [-0.1, -0.05) is 18.9 Å². The highest BCUT2D eigenvalue weighted by Crippen LogP contribution is 2.41. The SMILES string of the molecule is CCOc1ccc(C2(O)CCCC2)cc1OCC. The summed E-state index contributed by atoms with van der Waals surface area (Å²) in [5, 5.41) is 10.6. The third-order valence-electron chi connectivity index (χ3n) is 3.51. The van der Waals surface area contributed by atoms with E-state index < -0.39 is 5.60 Å². The van der Waals surface area contributed by atoms with Crippen molar-refractivity contribution in [2.75, 3.05) is 13.2 Å². The molecule has 1 aliphatic rings. The Hall–Kier alpha value is -1.22. The van der Waals surface area contributed by atoms with E-state index in [1.807, 2.05) is 32.0 Å². The molecule has 0 heterocycles. The summed E-state index contributed by atoms with van der Waals surface area (Å²) in [6, 6.07) is 5.79. The van der Waals surface area contributed by atoms with Crippen molar-refractivity contribution in [3.05, 3.63) is 23.8 Å². The van der Waals surface area contributed by atoms with Crippen LogP contribution in [0, 0.1) is 0 Å². The van der Waals surface area contributed by atoms with Gasteiger partial charge in [-0.05, 0) is 44.4 Å². The van der Waals surface area contributed by atoms with Gasteiger partial charge in [-0.25, -0.2) is 0 Å². The highest BCUT2D eigenvalue weighted by molar-refractivity contribution is 5.45. The minimum Gasteiger partial charge on any atom is -0.490 e. The molecule has 1 aromatic rings. The first-order valence-electron chi connectivity index (χ1n) is 6.82. The fraction of sp³-hybridized carbons (Fsp3) is 0.600. The van der Waals surface area contributed by atoms with Crippen molar-refractivity contribution in [3.63, 3.8) is 0 Å². The molecule has 3 heteroatoms. The van der Waals surface area contributed by atoms with E-state index >= 15 is 0 Å². The number of rotatable bonds is 5. The predicted octanol–water partition coefficient (Wildman–Crippen LogP) is 3.25. The van der Waals surface area contributed by atoms with E-state index in [9.17, 15) is 5.11 Å². The van der Waals surface area contributed by atoms with Gasteiger partial charge in [0.15, 0.2) is 11.5 Å². The lowest BCUT2D eigenvalue weighted by Crippen LogP contribution is -2.20. The number of aliphatic hydroxyl groups is 1. The lowest BCUT2D eigenvalue weighted by atomic mass is 9.92. The second-order valence-electron chi connectivity index (χ2n) is 4.77. The van der Waals surface area contributed by atoms with Crippen LogP contribution in [0.5, 0.6) is 11.5 Å². The molecule has 1 aromatic carbocycles. The van der Waals surface area contributed by atoms with Gasteiger partial charge in [0, 0.05) is 0 Å². The van der Waals surface area contributed by atoms with E-state index in [0.717, 1.165) is 42.7 Å². The minimum atomic E-state index is -0.670. The summed E-state index contributed by atoms with van der Waals surface area (Å²) < 4.78 is 11.1. The van der Waals surface area contributed by atoms with Gasteiger partial charge in [-0.2, -0.15) is 0 Å². The maximum Gasteiger partial charge on any atom is 0.161 e. The first kappa shape index (κ1) is 13.2. The van der Waals surface area contributed by atoms with Gasteiger partial charge in [-0.3, -0.25) is 0 Å². The zero-order valence-electron chi connectivity index (χ0n) is 11.2. The molecular weight excluding hydrogens is 228 g/mol. The van der Waals surface area contributed by atoms with Gasteiger partial charge in [0.2, 0.25) is 0 Å². The van der Waals surface area contributed by atoms with Crippen LogP contribution in [-0.2, 0) is 5.60 Å². The Balaban J connectivity index is 2.29. The molecule has 0 amide bonds. The zero-order chi connectivity index (χ0) is 13.0. The largest absolute Gasteiger partial charge is 0.490 e. The van der Waals surface area contributed by atoms with Crippen molar-refractivity contribution in [3.8, 4) is 11.5 Å². The van der Waals surface area contributed by atoms with E-state index in [4.69, 9.17) is 9.47 Å². The maximum absolute atomic E-state index is 10.6. The second kappa shape index (κ2) is 5.61. The molecule has 0 radical (unpaired) electrons. The third-order valence-corrected chi connectivity index (χ3v) is 3.51. The quantitative estimate of drug-likeness (QED) is 0.871. The van der Waals surface area contributed by atoms with Crippen LogP contribution in [0.3, 0.4) is 0 Å². The molecule has 1 N–H and O–H groups in total. The predicted molar refractivity (Wildman–Crippen MR) is 71.1 cm³/mol. The summed E-state index contributed by atoms with van der Waals surface area (Å²) in [5.74, 6) is 1.49. The van der Waals surface area contributed by atoms with Gasteiger partial charge in [0.25, 0.3) is 0 Å². The molecule has 18 heavy (non-hydrogen) atoms. The van der Waals surface area contributed by atoms with Gasteiger partial charge < -0.3 is 14.6 Å². The third kappa shape index (κ3) is 2.61. The molecule has 3 nitrogen and oxygen atoms in total. The first-order valence-corrected chi connectivity index (χ1v) is 6.82. The molecule has 0 aromatic heterocycles. The summed E-state index contributed by atoms with van der Waals surface area (Å²) >= 11 is 0. The normalized spacial score (nSPS) is 17.7. The van der Waals surface area contributed by atoms with E-state index in [2.05, 4.69) is 0 Å². The summed E-state index contributed by atoms with van der Waals surface area (Å²) in [5.41, 5.74) is 0.281. The van der Waals surface area contributed by atoms with E-state index in [-0.39, 0.29) is 0 Å². The molecule has 0 atom stereocenters. The molecule has 0 spiro atoms. The molecule has 1 aliphatic carbocycles. The highest BCUT2D eigenvalue weighted by Gasteiger charge is 2.33. The van der Waals surface area contributed by atoms with Gasteiger partial charge in [-0.15, -0.1) is 0 Å². The van der Waals surface area contributed by atoms with Crippen LogP contribution in [0.1, 0.15) is 45.1 Å². The zero-order valence-corrected chi connectivity index (χ0v) is 11.2. The van der Waals surface area contributed by atoms with Crippen LogP contribution in [0.15, 0.2) is 18.2 Å². The van der Waals surface area contributed by atoms with Crippen LogP contribution >= 0.6 is 0 Å². The minimum absolute atomic E-state index is 0.599. The lowest BCUT2D eigenvalue weighted by Gasteiger charge is -2.24. The van der Waals surface area contributed by atoms with Crippen LogP contribution in [0.25, 0.3) is 0 Å². The van der Waals surface area contributed by atoms with Crippen molar-refractivity contribution in [2.45, 2.75) is 45.1 Å². The highest BCUT2D eigenvalue weighted by atomic mass is 16.5. The molecule has 0 saturated heterocycles. The Labute approximate surface area is 109 Å². The van der Waals surface area contributed by atoms with Crippen molar-refractivity contribution in [2.24, 2.45) is 0 Å². The molecule has 2 rings (SSSR count). The summed E-state index contributed by atoms with van der Waals surface area (Å²) in [6.07, 6.45) is 3.86. The summed E-state index contributed by atoms with van der Waals surface area (Å²) in [6.45, 7) is 5.12. The number of benzene rings is 1. The smallest absolute Gasteiger partial charge is 0.161 e. The molecular formula is C15H22O3. The van der Waals surface area contributed by atoms with Gasteiger partial charge >= 0.3 is 0 Å². The second-order valence-corrected chi connectivity index (χ2v) is 4.77. The van der Waals surface area contributed by atoms with Crippen molar-refractivity contribution < 1.29 is 14.6 Å². The Bertz CT molecular complexity index is 395. The van der Waals surface area contributed by atoms with Crippen LogP contribution in [0.2, 0.25) is 0 Å². The molecule has 0 aliphatic heterocycles. The van der Waals surface area contributed by atoms with Crippen LogP contribution < -0.4 is 9.47 Å². The number of ether oxygens (including phenoxy) is 2. The summed E-state index contributed by atoms with van der Waals surface area (Å²) in [4.78, 5) is 0. The molecule has 1 fully saturated rings. The Morgan fingerprint density at radius 2 is 1.67 bits per heavy atom. The monoisotopic (exact) mass is 250 g/mol. The van der Waals surface area contributed by atoms with Gasteiger partial charge in [0.1, 0.15) is 0 Å². The number of hydrogen-bond acceptors (Lipinski definition) is 3. The molecule has 0 unspecified atom stereocenters. The van der Waals surface area contributed by atoms with Gasteiger partial charge in [0.05, 0.1) is 18.8 Å². The Kier molecular flexibility index (Phi) is 4.12. The van der Waals surface area contributed by atoms with Crippen LogP contribution in [0.4, 0.5) is 0 Å². The van der Waals surface area contributed by atoms with Crippen LogP contribution in [-0.4, -0.2) is 18.3 Å². The Morgan fingerprint density at radius 1 is 1.06 bits per heavy atom. The van der Waals surface area contributed by atoms with E-state index in [1.54, 1.807) is 0 Å². The fourth-order valence-corrected chi connectivity index (χ4v) is 2.59. The fourth-order valence-electron chi connectivity index (χ4n) is 2.59. The van der Waals surface area contributed by atoms with E-state index in [0.29, 0.717) is 13.2 Å². The van der Waals surface area contributed by atoms with Crippen molar-refractivity contribution in [1.82, 2.24) is 0 Å². The molecule has 100 valence electrons. The van der Waals surface area contributed by atoms with E-state index in [1.165, 1.54) is 0 Å². The topological polar surface area (TPSA) is 38.7 Å².